The quantitative estimate of drug-likeness (QED) is 0.588. The Balaban J connectivity index is 1.86. The van der Waals surface area contributed by atoms with E-state index in [1.807, 2.05) is 24.5 Å². The zero-order chi connectivity index (χ0) is 18.1. The maximum atomic E-state index is 11.1. The van der Waals surface area contributed by atoms with Gasteiger partial charge in [-0.05, 0) is 53.3 Å². The average Bonchev–Trinajstić information content (AvgIpc) is 3.14. The Hall–Kier alpha value is -2.02. The summed E-state index contributed by atoms with van der Waals surface area (Å²) in [7, 11) is 0. The summed E-state index contributed by atoms with van der Waals surface area (Å²) in [4.78, 5) is 5.33. The van der Waals surface area contributed by atoms with Crippen LogP contribution in [0.4, 0.5) is 0 Å². The SMILES string of the molecule is CSc1ccc(-c2cc3c(cc2C(O)c2cnccc2Br)OCO3)cc1. The van der Waals surface area contributed by atoms with Gasteiger partial charge in [-0.1, -0.05) is 28.1 Å². The molecule has 0 spiro atoms. The van der Waals surface area contributed by atoms with E-state index in [-0.39, 0.29) is 6.79 Å². The summed E-state index contributed by atoms with van der Waals surface area (Å²) in [6, 6.07) is 13.8. The number of benzene rings is 2. The number of halogens is 1. The van der Waals surface area contributed by atoms with Crippen LogP contribution in [0.25, 0.3) is 11.1 Å². The van der Waals surface area contributed by atoms with E-state index in [1.165, 1.54) is 4.90 Å². The fraction of sp³-hybridized carbons (Fsp3) is 0.150. The summed E-state index contributed by atoms with van der Waals surface area (Å²) in [5.74, 6) is 1.33. The molecule has 132 valence electrons. The van der Waals surface area contributed by atoms with Crippen molar-refractivity contribution in [1.29, 1.82) is 0 Å². The van der Waals surface area contributed by atoms with E-state index < -0.39 is 6.10 Å². The van der Waals surface area contributed by atoms with Gasteiger partial charge in [0.05, 0.1) is 0 Å². The predicted molar refractivity (Wildman–Crippen MR) is 106 cm³/mol. The number of aromatic nitrogens is 1. The van der Waals surface area contributed by atoms with E-state index in [4.69, 9.17) is 9.47 Å². The molecular formula is C20H16BrNO3S. The van der Waals surface area contributed by atoms with E-state index >= 15 is 0 Å². The highest BCUT2D eigenvalue weighted by Crippen LogP contribution is 2.43. The predicted octanol–water partition coefficient (Wildman–Crippen LogP) is 5.04. The summed E-state index contributed by atoms with van der Waals surface area (Å²) >= 11 is 5.19. The number of thioether (sulfide) groups is 1. The fourth-order valence-electron chi connectivity index (χ4n) is 2.96. The van der Waals surface area contributed by atoms with Crippen LogP contribution in [0.5, 0.6) is 11.5 Å². The van der Waals surface area contributed by atoms with Gasteiger partial charge < -0.3 is 14.6 Å². The first kappa shape index (κ1) is 17.4. The minimum Gasteiger partial charge on any atom is -0.454 e. The molecular weight excluding hydrogens is 414 g/mol. The molecule has 0 amide bonds. The number of hydrogen-bond donors (Lipinski definition) is 1. The number of hydrogen-bond acceptors (Lipinski definition) is 5. The number of pyridine rings is 1. The Labute approximate surface area is 164 Å². The van der Waals surface area contributed by atoms with E-state index in [2.05, 4.69) is 45.2 Å². The van der Waals surface area contributed by atoms with Crippen LogP contribution in [-0.2, 0) is 0 Å². The van der Waals surface area contributed by atoms with Gasteiger partial charge in [0.1, 0.15) is 6.10 Å². The van der Waals surface area contributed by atoms with Crippen molar-refractivity contribution < 1.29 is 14.6 Å². The van der Waals surface area contributed by atoms with Gasteiger partial charge in [0.15, 0.2) is 11.5 Å². The molecule has 0 aliphatic carbocycles. The fourth-order valence-corrected chi connectivity index (χ4v) is 3.81. The summed E-state index contributed by atoms with van der Waals surface area (Å²) in [5.41, 5.74) is 3.37. The van der Waals surface area contributed by atoms with E-state index in [0.717, 1.165) is 21.2 Å². The van der Waals surface area contributed by atoms with Crippen LogP contribution in [-0.4, -0.2) is 23.1 Å². The number of ether oxygens (including phenoxy) is 2. The molecule has 2 aromatic carbocycles. The smallest absolute Gasteiger partial charge is 0.231 e. The van der Waals surface area contributed by atoms with Crippen LogP contribution in [0.15, 0.2) is 64.2 Å². The van der Waals surface area contributed by atoms with E-state index in [9.17, 15) is 5.11 Å². The zero-order valence-electron chi connectivity index (χ0n) is 14.0. The van der Waals surface area contributed by atoms with E-state index in [1.54, 1.807) is 24.2 Å². The standard InChI is InChI=1S/C20H16BrNO3S/c1-26-13-4-2-12(3-5-13)14-8-18-19(25-11-24-18)9-15(14)20(23)16-10-22-7-6-17(16)21/h2-10,20,23H,11H2,1H3. The normalized spacial score (nSPS) is 13.7. The summed E-state index contributed by atoms with van der Waals surface area (Å²) in [6.07, 6.45) is 4.55. The van der Waals surface area contributed by atoms with Gasteiger partial charge in [-0.2, -0.15) is 0 Å². The maximum Gasteiger partial charge on any atom is 0.231 e. The third-order valence-corrected chi connectivity index (χ3v) is 5.80. The minimum atomic E-state index is -0.845. The Morgan fingerprint density at radius 3 is 2.50 bits per heavy atom. The average molecular weight is 430 g/mol. The van der Waals surface area contributed by atoms with Gasteiger partial charge in [-0.25, -0.2) is 0 Å². The number of fused-ring (bicyclic) bond motifs is 1. The van der Waals surface area contributed by atoms with Crippen LogP contribution < -0.4 is 9.47 Å². The molecule has 1 atom stereocenters. The monoisotopic (exact) mass is 429 g/mol. The Kier molecular flexibility index (Phi) is 4.89. The van der Waals surface area contributed by atoms with Gasteiger partial charge in [0.2, 0.25) is 6.79 Å². The number of rotatable bonds is 4. The molecule has 0 saturated carbocycles. The largest absolute Gasteiger partial charge is 0.454 e. The molecule has 0 fully saturated rings. The first-order valence-electron chi connectivity index (χ1n) is 8.03. The summed E-state index contributed by atoms with van der Waals surface area (Å²) < 4.78 is 11.9. The van der Waals surface area contributed by atoms with Crippen LogP contribution in [0.3, 0.4) is 0 Å². The van der Waals surface area contributed by atoms with Crippen molar-refractivity contribution in [2.75, 3.05) is 13.0 Å². The highest BCUT2D eigenvalue weighted by Gasteiger charge is 2.24. The Morgan fingerprint density at radius 1 is 1.08 bits per heavy atom. The highest BCUT2D eigenvalue weighted by atomic mass is 79.9. The lowest BCUT2D eigenvalue weighted by molar-refractivity contribution is 0.173. The van der Waals surface area contributed by atoms with Crippen molar-refractivity contribution in [2.45, 2.75) is 11.0 Å². The second-order valence-electron chi connectivity index (χ2n) is 5.82. The minimum absolute atomic E-state index is 0.191. The lowest BCUT2D eigenvalue weighted by Gasteiger charge is -2.18. The molecule has 4 nitrogen and oxygen atoms in total. The van der Waals surface area contributed by atoms with Crippen molar-refractivity contribution in [3.63, 3.8) is 0 Å². The Bertz CT molecular complexity index is 946. The molecule has 1 aliphatic heterocycles. The van der Waals surface area contributed by atoms with Gasteiger partial charge in [-0.3, -0.25) is 4.98 Å². The first-order valence-corrected chi connectivity index (χ1v) is 10.0. The molecule has 1 aliphatic rings. The second kappa shape index (κ2) is 7.31. The third kappa shape index (κ3) is 3.20. The van der Waals surface area contributed by atoms with Crippen LogP contribution >= 0.6 is 27.7 Å². The number of aliphatic hydroxyl groups is 1. The molecule has 1 N–H and O–H groups in total. The maximum absolute atomic E-state index is 11.1. The molecule has 1 unspecified atom stereocenters. The summed E-state index contributed by atoms with van der Waals surface area (Å²) in [5, 5.41) is 11.1. The molecule has 1 aromatic heterocycles. The molecule has 0 bridgehead atoms. The van der Waals surface area contributed by atoms with Crippen molar-refractivity contribution in [2.24, 2.45) is 0 Å². The highest BCUT2D eigenvalue weighted by molar-refractivity contribution is 9.10. The summed E-state index contributed by atoms with van der Waals surface area (Å²) in [6.45, 7) is 0.191. The first-order chi connectivity index (χ1) is 12.7. The second-order valence-corrected chi connectivity index (χ2v) is 7.55. The van der Waals surface area contributed by atoms with E-state index in [0.29, 0.717) is 17.1 Å². The lowest BCUT2D eigenvalue weighted by atomic mass is 9.92. The van der Waals surface area contributed by atoms with Crippen molar-refractivity contribution >= 4 is 27.7 Å². The van der Waals surface area contributed by atoms with Crippen LogP contribution in [0.2, 0.25) is 0 Å². The molecule has 6 heteroatoms. The number of aliphatic hydroxyl groups excluding tert-OH is 1. The molecule has 4 rings (SSSR count). The molecule has 0 radical (unpaired) electrons. The molecule has 3 aromatic rings. The van der Waals surface area contributed by atoms with Gasteiger partial charge >= 0.3 is 0 Å². The van der Waals surface area contributed by atoms with Gasteiger partial charge in [0.25, 0.3) is 0 Å². The van der Waals surface area contributed by atoms with Crippen LogP contribution in [0, 0.1) is 0 Å². The number of nitrogens with zero attached hydrogens (tertiary/aromatic N) is 1. The van der Waals surface area contributed by atoms with Crippen LogP contribution in [0.1, 0.15) is 17.2 Å². The molecule has 0 saturated heterocycles. The third-order valence-electron chi connectivity index (χ3n) is 4.33. The Morgan fingerprint density at radius 2 is 1.81 bits per heavy atom. The lowest BCUT2D eigenvalue weighted by Crippen LogP contribution is -2.04. The van der Waals surface area contributed by atoms with Crippen molar-refractivity contribution in [3.05, 3.63) is 70.5 Å². The molecule has 2 heterocycles. The zero-order valence-corrected chi connectivity index (χ0v) is 16.4. The van der Waals surface area contributed by atoms with Crippen molar-refractivity contribution in [1.82, 2.24) is 4.98 Å². The van der Waals surface area contributed by atoms with Gasteiger partial charge in [-0.15, -0.1) is 11.8 Å². The van der Waals surface area contributed by atoms with Gasteiger partial charge in [0, 0.05) is 27.3 Å². The molecule has 26 heavy (non-hydrogen) atoms. The topological polar surface area (TPSA) is 51.6 Å². The van der Waals surface area contributed by atoms with Crippen molar-refractivity contribution in [3.8, 4) is 22.6 Å².